The summed E-state index contributed by atoms with van der Waals surface area (Å²) < 4.78 is 35.4. The first-order chi connectivity index (χ1) is 20.0. The van der Waals surface area contributed by atoms with Gasteiger partial charge in [-0.05, 0) is 50.1 Å². The van der Waals surface area contributed by atoms with Crippen molar-refractivity contribution in [2.45, 2.75) is 37.6 Å². The van der Waals surface area contributed by atoms with Gasteiger partial charge in [-0.1, -0.05) is 29.8 Å². The number of amides is 1. The van der Waals surface area contributed by atoms with Crippen LogP contribution in [0.15, 0.2) is 59.5 Å². The highest BCUT2D eigenvalue weighted by atomic mass is 32.2. The number of unbranched alkanes of at least 4 members (excludes halogenated alkanes) is 1. The van der Waals surface area contributed by atoms with Crippen LogP contribution in [0.1, 0.15) is 24.1 Å². The number of carbonyl (C=O) groups excluding carboxylic acids is 3. The van der Waals surface area contributed by atoms with Gasteiger partial charge in [0.2, 0.25) is 15.9 Å². The number of aromatic nitrogens is 2. The van der Waals surface area contributed by atoms with Crippen LogP contribution in [-0.4, -0.2) is 79.7 Å². The van der Waals surface area contributed by atoms with Crippen molar-refractivity contribution < 1.29 is 36.8 Å². The van der Waals surface area contributed by atoms with Gasteiger partial charge in [0.05, 0.1) is 35.1 Å². The minimum Gasteiger partial charge on any atom is -0.372 e. The molecule has 0 atom stereocenters. The van der Waals surface area contributed by atoms with E-state index in [0.717, 1.165) is 16.8 Å². The molecule has 42 heavy (non-hydrogen) atoms. The normalized spacial score (nSPS) is 19.8. The minimum atomic E-state index is -3.82. The van der Waals surface area contributed by atoms with Crippen LogP contribution in [0.2, 0.25) is 0 Å². The first-order valence-electron chi connectivity index (χ1n) is 13.5. The second kappa shape index (κ2) is 12.0. The smallest absolute Gasteiger partial charge is 0.372 e. The molecule has 222 valence electrons. The Bertz CT molecular complexity index is 1570. The quantitative estimate of drug-likeness (QED) is 0.154. The van der Waals surface area contributed by atoms with E-state index in [9.17, 15) is 22.8 Å². The van der Waals surface area contributed by atoms with Gasteiger partial charge in [-0.3, -0.25) is 4.79 Å². The molecule has 0 saturated carbocycles. The molecule has 2 fully saturated rings. The second-order valence-electron chi connectivity index (χ2n) is 10.5. The zero-order valence-corrected chi connectivity index (χ0v) is 23.9. The minimum absolute atomic E-state index is 0.0106. The summed E-state index contributed by atoms with van der Waals surface area (Å²) >= 11 is 0. The molecule has 3 heterocycles. The Morgan fingerprint density at radius 2 is 1.71 bits per heavy atom. The number of fused-ring (bicyclic) bond motifs is 1. The van der Waals surface area contributed by atoms with E-state index in [4.69, 9.17) is 19.7 Å². The Labute approximate surface area is 243 Å². The number of sulfonamides is 1. The number of nitrogens with zero attached hydrogens (tertiary/aromatic N) is 3. The van der Waals surface area contributed by atoms with Gasteiger partial charge >= 0.3 is 18.4 Å². The summed E-state index contributed by atoms with van der Waals surface area (Å²) in [5.41, 5.74) is 4.21. The average molecular weight is 598 g/mol. The summed E-state index contributed by atoms with van der Waals surface area (Å²) in [5.74, 6) is -0.915. The van der Waals surface area contributed by atoms with E-state index in [2.05, 4.69) is 10.6 Å². The molecular formula is C28H33N6O7S+. The molecule has 0 radical (unpaired) electrons. The summed E-state index contributed by atoms with van der Waals surface area (Å²) in [4.78, 5) is 35.7. The Kier molecular flexibility index (Phi) is 8.41. The SMILES string of the molecule is Cc1ccc(-c2cc(CNCC(=O)NCCCC[N+]34CC(=O)OC3OC(=O)C4)nn2-c2ccc(S(N)(=O)=O)cc2)cc1. The molecule has 0 bridgehead atoms. The molecule has 14 heteroatoms. The van der Waals surface area contributed by atoms with Crippen LogP contribution < -0.4 is 15.8 Å². The van der Waals surface area contributed by atoms with Gasteiger partial charge in [-0.2, -0.15) is 5.10 Å². The number of hydrogen-bond acceptors (Lipinski definition) is 9. The Morgan fingerprint density at radius 1 is 1.05 bits per heavy atom. The molecule has 2 aliphatic heterocycles. The van der Waals surface area contributed by atoms with Gasteiger partial charge in [-0.25, -0.2) is 32.3 Å². The number of primary sulfonamides is 1. The fourth-order valence-corrected chi connectivity index (χ4v) is 5.61. The summed E-state index contributed by atoms with van der Waals surface area (Å²) in [7, 11) is -3.82. The molecule has 0 spiro atoms. The van der Waals surface area contributed by atoms with Crippen LogP contribution in [0.25, 0.3) is 16.9 Å². The summed E-state index contributed by atoms with van der Waals surface area (Å²) in [6, 6.07) is 16.0. The van der Waals surface area contributed by atoms with Crippen LogP contribution in [-0.2, 0) is 40.4 Å². The molecule has 5 rings (SSSR count). The lowest BCUT2D eigenvalue weighted by Crippen LogP contribution is -2.49. The highest BCUT2D eigenvalue weighted by Crippen LogP contribution is 2.30. The van der Waals surface area contributed by atoms with Gasteiger partial charge in [-0.15, -0.1) is 0 Å². The molecule has 1 amide bonds. The lowest BCUT2D eigenvalue weighted by molar-refractivity contribution is -0.949. The first-order valence-corrected chi connectivity index (χ1v) is 15.1. The Morgan fingerprint density at radius 3 is 2.36 bits per heavy atom. The van der Waals surface area contributed by atoms with Gasteiger partial charge in [0.25, 0.3) is 0 Å². The van der Waals surface area contributed by atoms with Crippen LogP contribution in [0.5, 0.6) is 0 Å². The third kappa shape index (κ3) is 6.68. The van der Waals surface area contributed by atoms with Crippen molar-refractivity contribution in [3.8, 4) is 16.9 Å². The highest BCUT2D eigenvalue weighted by Gasteiger charge is 2.57. The van der Waals surface area contributed by atoms with E-state index in [1.54, 1.807) is 16.8 Å². The monoisotopic (exact) mass is 597 g/mol. The summed E-state index contributed by atoms with van der Waals surface area (Å²) in [6.45, 7) is 3.66. The Balaban J connectivity index is 1.14. The van der Waals surface area contributed by atoms with E-state index in [1.165, 1.54) is 12.1 Å². The van der Waals surface area contributed by atoms with Crippen molar-refractivity contribution in [1.29, 1.82) is 0 Å². The molecule has 0 aliphatic carbocycles. The molecule has 2 aromatic carbocycles. The molecule has 1 aromatic heterocycles. The van der Waals surface area contributed by atoms with E-state index in [0.29, 0.717) is 43.9 Å². The van der Waals surface area contributed by atoms with Crippen LogP contribution in [0.4, 0.5) is 0 Å². The highest BCUT2D eigenvalue weighted by molar-refractivity contribution is 7.89. The van der Waals surface area contributed by atoms with Crippen molar-refractivity contribution in [2.24, 2.45) is 5.14 Å². The van der Waals surface area contributed by atoms with Gasteiger partial charge in [0.1, 0.15) is 0 Å². The van der Waals surface area contributed by atoms with E-state index >= 15 is 0 Å². The van der Waals surface area contributed by atoms with Crippen molar-refractivity contribution in [2.75, 3.05) is 32.7 Å². The fraction of sp³-hybridized carbons (Fsp3) is 0.357. The van der Waals surface area contributed by atoms with Gasteiger partial charge in [0.15, 0.2) is 13.1 Å². The predicted octanol–water partition coefficient (Wildman–Crippen LogP) is 0.695. The third-order valence-electron chi connectivity index (χ3n) is 7.26. The maximum atomic E-state index is 12.4. The molecule has 3 aromatic rings. The first kappa shape index (κ1) is 29.4. The van der Waals surface area contributed by atoms with Crippen molar-refractivity contribution in [3.63, 3.8) is 0 Å². The number of hydrogen-bond donors (Lipinski definition) is 3. The van der Waals surface area contributed by atoms with E-state index in [1.807, 2.05) is 37.3 Å². The zero-order valence-electron chi connectivity index (χ0n) is 23.1. The van der Waals surface area contributed by atoms with Crippen LogP contribution in [0.3, 0.4) is 0 Å². The largest absolute Gasteiger partial charge is 0.399 e. The average Bonchev–Trinajstić information content (AvgIpc) is 3.58. The molecule has 0 unspecified atom stereocenters. The number of nitrogens with two attached hydrogens (primary N) is 1. The topological polar surface area (TPSA) is 172 Å². The lowest BCUT2D eigenvalue weighted by atomic mass is 10.1. The number of quaternary nitrogens is 1. The van der Waals surface area contributed by atoms with Gasteiger partial charge < -0.3 is 20.1 Å². The number of nitrogens with one attached hydrogen (secondary N) is 2. The molecular weight excluding hydrogens is 564 g/mol. The maximum Gasteiger partial charge on any atom is 0.399 e. The third-order valence-corrected chi connectivity index (χ3v) is 8.19. The zero-order chi connectivity index (χ0) is 29.9. The Hall–Kier alpha value is -4.11. The van der Waals surface area contributed by atoms with Crippen LogP contribution in [0, 0.1) is 6.92 Å². The molecule has 2 aliphatic rings. The standard InChI is InChI=1S/C28H32N6O7S/c1-19-4-6-20(7-5-19)24-14-21(32-33(24)22-8-10-23(11-9-22)42(29,38)39)15-30-16-25(35)31-12-2-3-13-34-17-26(36)40-28(34)41-27(37)18-34/h4-11,14,28,30H,2-3,12-13,15-18H2,1H3,(H2-,29,31,35,38,39)/p+1. The van der Waals surface area contributed by atoms with E-state index < -0.39 is 16.4 Å². The number of esters is 2. The predicted molar refractivity (Wildman–Crippen MR) is 150 cm³/mol. The van der Waals surface area contributed by atoms with Crippen molar-refractivity contribution in [3.05, 3.63) is 65.9 Å². The second-order valence-corrected chi connectivity index (χ2v) is 12.1. The summed E-state index contributed by atoms with van der Waals surface area (Å²) in [5, 5.41) is 15.9. The van der Waals surface area contributed by atoms with Crippen molar-refractivity contribution >= 4 is 27.9 Å². The van der Waals surface area contributed by atoms with Gasteiger partial charge in [0, 0.05) is 18.7 Å². The number of ether oxygens (including phenoxy) is 2. The lowest BCUT2D eigenvalue weighted by Gasteiger charge is -2.26. The number of rotatable bonds is 12. The van der Waals surface area contributed by atoms with E-state index in [-0.39, 0.29) is 46.9 Å². The number of carbonyl (C=O) groups is 3. The van der Waals surface area contributed by atoms with Crippen molar-refractivity contribution in [1.82, 2.24) is 20.4 Å². The number of benzene rings is 2. The number of aryl methyl sites for hydroxylation is 1. The maximum absolute atomic E-state index is 12.4. The molecule has 13 nitrogen and oxygen atoms in total. The molecule has 2 saturated heterocycles. The van der Waals surface area contributed by atoms with Crippen LogP contribution >= 0.6 is 0 Å². The fourth-order valence-electron chi connectivity index (χ4n) is 5.10. The summed E-state index contributed by atoms with van der Waals surface area (Å²) in [6.07, 6.45) is 0.518. The molecule has 4 N–H and O–H groups in total.